The Balaban J connectivity index is 2.60. The van der Waals surface area contributed by atoms with Crippen LogP contribution in [0.15, 0.2) is 30.3 Å². The van der Waals surface area contributed by atoms with Crippen molar-refractivity contribution in [2.45, 2.75) is 6.16 Å². The summed E-state index contributed by atoms with van der Waals surface area (Å²) in [7, 11) is -3.17. The fourth-order valence-corrected chi connectivity index (χ4v) is 2.88. The van der Waals surface area contributed by atoms with E-state index in [9.17, 15) is 14.6 Å². The van der Waals surface area contributed by atoms with E-state index in [1.807, 2.05) is 18.2 Å². The molecule has 0 spiro atoms. The van der Waals surface area contributed by atoms with E-state index in [1.54, 1.807) is 12.1 Å². The third kappa shape index (κ3) is 4.49. The Morgan fingerprint density at radius 3 is 2.40 bits per heavy atom. The predicted molar refractivity (Wildman–Crippen MR) is 60.4 cm³/mol. The summed E-state index contributed by atoms with van der Waals surface area (Å²) in [6.07, 6.45) is -0.0853. The summed E-state index contributed by atoms with van der Waals surface area (Å²) in [5.74, 6) is -0.315. The fraction of sp³-hybridized carbons (Fsp3) is 0.300. The van der Waals surface area contributed by atoms with Gasteiger partial charge in [0.2, 0.25) is 0 Å². The SMILES string of the molecule is NCC(=O)C[P+](O)(O)Cc1ccccc1. The maximum absolute atomic E-state index is 11.0. The summed E-state index contributed by atoms with van der Waals surface area (Å²) in [5, 5.41) is 0. The van der Waals surface area contributed by atoms with Crippen molar-refractivity contribution < 1.29 is 14.6 Å². The van der Waals surface area contributed by atoms with Crippen LogP contribution in [0.3, 0.4) is 0 Å². The average Bonchev–Trinajstić information content (AvgIpc) is 2.17. The van der Waals surface area contributed by atoms with E-state index < -0.39 is 7.72 Å². The Hall–Kier alpha value is -0.800. The van der Waals surface area contributed by atoms with Crippen molar-refractivity contribution in [1.82, 2.24) is 0 Å². The molecule has 0 saturated carbocycles. The van der Waals surface area contributed by atoms with Crippen LogP contribution in [0.4, 0.5) is 0 Å². The zero-order valence-electron chi connectivity index (χ0n) is 8.34. The molecule has 4 N–H and O–H groups in total. The van der Waals surface area contributed by atoms with E-state index in [1.165, 1.54) is 0 Å². The number of benzene rings is 1. The molecular formula is C10H15NO3P+. The minimum absolute atomic E-state index is 0.138. The molecule has 1 aromatic carbocycles. The van der Waals surface area contributed by atoms with Crippen molar-refractivity contribution in [1.29, 1.82) is 0 Å². The fourth-order valence-electron chi connectivity index (χ4n) is 1.28. The van der Waals surface area contributed by atoms with Gasteiger partial charge in [-0.05, 0) is 5.56 Å². The predicted octanol–water partition coefficient (Wildman–Crippen LogP) is 0.547. The first-order chi connectivity index (χ1) is 7.03. The van der Waals surface area contributed by atoms with Crippen molar-refractivity contribution in [3.8, 4) is 0 Å². The number of hydrogen-bond donors (Lipinski definition) is 3. The highest BCUT2D eigenvalue weighted by molar-refractivity contribution is 7.64. The summed E-state index contributed by atoms with van der Waals surface area (Å²) in [6.45, 7) is -0.141. The zero-order chi connectivity index (χ0) is 11.3. The third-order valence-corrected chi connectivity index (χ3v) is 3.67. The Morgan fingerprint density at radius 1 is 1.27 bits per heavy atom. The molecule has 0 aliphatic carbocycles. The lowest BCUT2D eigenvalue weighted by Gasteiger charge is -2.11. The molecule has 4 nitrogen and oxygen atoms in total. The van der Waals surface area contributed by atoms with E-state index in [-0.39, 0.29) is 24.7 Å². The number of hydrogen-bond acceptors (Lipinski definition) is 4. The second kappa shape index (κ2) is 5.33. The Labute approximate surface area is 89.2 Å². The minimum atomic E-state index is -3.17. The van der Waals surface area contributed by atoms with Gasteiger partial charge in [0.25, 0.3) is 7.72 Å². The largest absolute Gasteiger partial charge is 0.324 e. The molecule has 0 unspecified atom stereocenters. The van der Waals surface area contributed by atoms with Gasteiger partial charge in [0.15, 0.2) is 11.9 Å². The van der Waals surface area contributed by atoms with Crippen molar-refractivity contribution >= 4 is 13.5 Å². The minimum Gasteiger partial charge on any atom is -0.324 e. The molecule has 82 valence electrons. The highest BCUT2D eigenvalue weighted by Gasteiger charge is 2.35. The third-order valence-electron chi connectivity index (χ3n) is 1.94. The molecule has 1 rings (SSSR count). The molecule has 0 fully saturated rings. The normalized spacial score (nSPS) is 11.4. The van der Waals surface area contributed by atoms with Crippen LogP contribution < -0.4 is 5.73 Å². The van der Waals surface area contributed by atoms with Gasteiger partial charge in [0.05, 0.1) is 6.54 Å². The van der Waals surface area contributed by atoms with Crippen LogP contribution in [-0.4, -0.2) is 28.3 Å². The van der Waals surface area contributed by atoms with Gasteiger partial charge in [-0.1, -0.05) is 30.3 Å². The first-order valence-corrected chi connectivity index (χ1v) is 6.68. The van der Waals surface area contributed by atoms with E-state index in [0.717, 1.165) is 5.56 Å². The van der Waals surface area contributed by atoms with Gasteiger partial charge in [-0.25, -0.2) is 9.79 Å². The lowest BCUT2D eigenvalue weighted by molar-refractivity contribution is -0.115. The summed E-state index contributed by atoms with van der Waals surface area (Å²) in [6, 6.07) is 9.09. The smallest absolute Gasteiger partial charge is 0.279 e. The molecule has 0 bridgehead atoms. The highest BCUT2D eigenvalue weighted by atomic mass is 31.2. The van der Waals surface area contributed by atoms with Crippen LogP contribution in [0.25, 0.3) is 0 Å². The van der Waals surface area contributed by atoms with Gasteiger partial charge in [0.1, 0.15) is 6.16 Å². The monoisotopic (exact) mass is 228 g/mol. The molecule has 0 atom stereocenters. The van der Waals surface area contributed by atoms with Crippen LogP contribution in [0, 0.1) is 0 Å². The number of Topliss-reactive ketones (excluding diaryl/α,β-unsaturated/α-hetero) is 1. The van der Waals surface area contributed by atoms with Gasteiger partial charge in [-0.3, -0.25) is 4.79 Å². The van der Waals surface area contributed by atoms with E-state index in [4.69, 9.17) is 5.73 Å². The molecule has 0 amide bonds. The van der Waals surface area contributed by atoms with Gasteiger partial charge in [-0.15, -0.1) is 0 Å². The summed E-state index contributed by atoms with van der Waals surface area (Å²) < 4.78 is 0. The molecule has 15 heavy (non-hydrogen) atoms. The highest BCUT2D eigenvalue weighted by Crippen LogP contribution is 2.52. The zero-order valence-corrected chi connectivity index (χ0v) is 9.23. The molecule has 0 aliphatic heterocycles. The number of carbonyl (C=O) groups excluding carboxylic acids is 1. The maximum Gasteiger partial charge on any atom is 0.279 e. The lowest BCUT2D eigenvalue weighted by Crippen LogP contribution is -2.19. The van der Waals surface area contributed by atoms with Crippen LogP contribution in [0.2, 0.25) is 0 Å². The van der Waals surface area contributed by atoms with Gasteiger partial charge < -0.3 is 5.73 Å². The second-order valence-electron chi connectivity index (χ2n) is 3.42. The molecule has 1 aromatic rings. The Kier molecular flexibility index (Phi) is 4.36. The molecule has 0 heterocycles. The second-order valence-corrected chi connectivity index (χ2v) is 5.81. The van der Waals surface area contributed by atoms with Gasteiger partial charge in [0, 0.05) is 0 Å². The molecule has 0 aromatic heterocycles. The average molecular weight is 228 g/mol. The van der Waals surface area contributed by atoms with Crippen LogP contribution >= 0.6 is 7.72 Å². The molecule has 0 radical (unpaired) electrons. The molecule has 0 aliphatic rings. The first-order valence-electron chi connectivity index (χ1n) is 4.62. The van der Waals surface area contributed by atoms with Gasteiger partial charge in [-0.2, -0.15) is 0 Å². The van der Waals surface area contributed by atoms with Crippen LogP contribution in [-0.2, 0) is 11.0 Å². The lowest BCUT2D eigenvalue weighted by atomic mass is 10.2. The quantitative estimate of drug-likeness (QED) is 0.642. The van der Waals surface area contributed by atoms with E-state index in [0.29, 0.717) is 0 Å². The topological polar surface area (TPSA) is 83.6 Å². The molecule has 5 heteroatoms. The maximum atomic E-state index is 11.0. The van der Waals surface area contributed by atoms with Crippen molar-refractivity contribution in [3.05, 3.63) is 35.9 Å². The van der Waals surface area contributed by atoms with E-state index >= 15 is 0 Å². The first kappa shape index (κ1) is 12.3. The Bertz CT molecular complexity index is 327. The van der Waals surface area contributed by atoms with E-state index in [2.05, 4.69) is 0 Å². The summed E-state index contributed by atoms with van der Waals surface area (Å²) in [5.41, 5.74) is 5.94. The summed E-state index contributed by atoms with van der Waals surface area (Å²) in [4.78, 5) is 30.3. The number of nitrogens with two attached hydrogens (primary N) is 1. The van der Waals surface area contributed by atoms with Gasteiger partial charge >= 0.3 is 0 Å². The number of ketones is 1. The molecular weight excluding hydrogens is 213 g/mol. The van der Waals surface area contributed by atoms with Crippen molar-refractivity contribution in [2.75, 3.05) is 12.7 Å². The number of rotatable bonds is 5. The Morgan fingerprint density at radius 2 is 1.87 bits per heavy atom. The number of carbonyl (C=O) groups is 1. The van der Waals surface area contributed by atoms with Crippen molar-refractivity contribution in [2.24, 2.45) is 5.73 Å². The standard InChI is InChI=1S/C10H15NO3P/c11-6-10(12)8-15(13,14)7-9-4-2-1-3-5-9/h1-5,13-14H,6-8,11H2/q+1. The van der Waals surface area contributed by atoms with Crippen LogP contribution in [0.5, 0.6) is 0 Å². The van der Waals surface area contributed by atoms with Crippen molar-refractivity contribution in [3.63, 3.8) is 0 Å². The molecule has 0 saturated heterocycles. The summed E-state index contributed by atoms with van der Waals surface area (Å²) >= 11 is 0. The van der Waals surface area contributed by atoms with Crippen LogP contribution in [0.1, 0.15) is 5.56 Å².